The van der Waals surface area contributed by atoms with Gasteiger partial charge in [-0.25, -0.2) is 0 Å². The minimum atomic E-state index is -2.68. The lowest BCUT2D eigenvalue weighted by Crippen LogP contribution is -1.93. The molecule has 70 valence electrons. The van der Waals surface area contributed by atoms with Crippen molar-refractivity contribution in [2.75, 3.05) is 7.04 Å². The van der Waals surface area contributed by atoms with E-state index in [1.54, 1.807) is 0 Å². The highest BCUT2D eigenvalue weighted by Gasteiger charge is 2.09. The third-order valence-electron chi connectivity index (χ3n) is 1.46. The molecule has 0 saturated carbocycles. The van der Waals surface area contributed by atoms with E-state index in [1.807, 2.05) is 0 Å². The number of nitro groups is 1. The van der Waals surface area contributed by atoms with Crippen molar-refractivity contribution >= 4 is 5.69 Å². The number of methoxy groups -OCH3 is 1. The van der Waals surface area contributed by atoms with Crippen molar-refractivity contribution in [3.05, 3.63) is 33.9 Å². The average Bonchev–Trinajstić information content (AvgIpc) is 2.14. The van der Waals surface area contributed by atoms with Crippen molar-refractivity contribution in [2.45, 2.75) is 6.61 Å². The molecule has 0 aliphatic rings. The highest BCUT2D eigenvalue weighted by molar-refractivity contribution is 5.42. The SMILES string of the molecule is [2H]C([2H])([2H])Oc1cc(CO)cc([N+](=O)[O-])c1. The number of ether oxygens (including phenoxy) is 1. The van der Waals surface area contributed by atoms with E-state index in [-0.39, 0.29) is 17.0 Å². The molecule has 5 heteroatoms. The first-order valence-corrected chi connectivity index (χ1v) is 3.40. The summed E-state index contributed by atoms with van der Waals surface area (Å²) >= 11 is 0. The van der Waals surface area contributed by atoms with Crippen molar-refractivity contribution in [3.8, 4) is 5.75 Å². The van der Waals surface area contributed by atoms with Crippen molar-refractivity contribution in [3.63, 3.8) is 0 Å². The first kappa shape index (κ1) is 5.93. The van der Waals surface area contributed by atoms with Gasteiger partial charge in [0.2, 0.25) is 0 Å². The molecule has 1 rings (SSSR count). The molecule has 0 atom stereocenters. The quantitative estimate of drug-likeness (QED) is 0.566. The third-order valence-corrected chi connectivity index (χ3v) is 1.46. The molecule has 1 N–H and O–H groups in total. The number of aliphatic hydroxyl groups is 1. The number of nitrogens with zero attached hydrogens (tertiary/aromatic N) is 1. The lowest BCUT2D eigenvalue weighted by Gasteiger charge is -2.01. The monoisotopic (exact) mass is 186 g/mol. The van der Waals surface area contributed by atoms with E-state index in [1.165, 1.54) is 6.07 Å². The summed E-state index contributed by atoms with van der Waals surface area (Å²) in [4.78, 5) is 9.83. The maximum atomic E-state index is 10.5. The van der Waals surface area contributed by atoms with Crippen molar-refractivity contribution < 1.29 is 18.9 Å². The van der Waals surface area contributed by atoms with E-state index in [0.29, 0.717) is 0 Å². The van der Waals surface area contributed by atoms with E-state index < -0.39 is 18.6 Å². The number of aliphatic hydroxyl groups excluding tert-OH is 1. The second-order valence-corrected chi connectivity index (χ2v) is 2.35. The Morgan fingerprint density at radius 3 is 3.00 bits per heavy atom. The summed E-state index contributed by atoms with van der Waals surface area (Å²) in [6.07, 6.45) is 0. The van der Waals surface area contributed by atoms with Gasteiger partial charge in [0.15, 0.2) is 0 Å². The Morgan fingerprint density at radius 1 is 1.69 bits per heavy atom. The molecule has 0 heterocycles. The van der Waals surface area contributed by atoms with Crippen LogP contribution in [0.25, 0.3) is 0 Å². The Hall–Kier alpha value is -1.62. The Bertz CT molecular complexity index is 405. The number of nitro benzene ring substituents is 1. The Labute approximate surface area is 78.9 Å². The van der Waals surface area contributed by atoms with E-state index >= 15 is 0 Å². The van der Waals surface area contributed by atoms with Gasteiger partial charge in [-0.05, 0) is 11.6 Å². The number of rotatable bonds is 3. The summed E-state index contributed by atoms with van der Waals surface area (Å²) < 4.78 is 25.1. The number of hydrogen-bond acceptors (Lipinski definition) is 4. The lowest BCUT2D eigenvalue weighted by atomic mass is 10.2. The third kappa shape index (κ3) is 2.16. The summed E-state index contributed by atoms with van der Waals surface area (Å²) in [5.41, 5.74) is -0.112. The molecule has 0 amide bonds. The average molecular weight is 186 g/mol. The zero-order chi connectivity index (χ0) is 12.3. The smallest absolute Gasteiger partial charge is 0.273 e. The molecule has 0 aliphatic heterocycles. The van der Waals surface area contributed by atoms with Gasteiger partial charge in [-0.3, -0.25) is 10.1 Å². The van der Waals surface area contributed by atoms with Gasteiger partial charge in [0, 0.05) is 6.07 Å². The summed E-state index contributed by atoms with van der Waals surface area (Å²) in [7, 11) is -2.68. The molecule has 0 aliphatic carbocycles. The Morgan fingerprint density at radius 2 is 2.46 bits per heavy atom. The summed E-state index contributed by atoms with van der Waals surface area (Å²) in [6, 6.07) is 3.37. The molecular formula is C8H9NO4. The molecule has 0 spiro atoms. The first-order valence-electron chi connectivity index (χ1n) is 4.90. The van der Waals surface area contributed by atoms with Gasteiger partial charge in [0.1, 0.15) is 5.75 Å². The molecule has 0 fully saturated rings. The van der Waals surface area contributed by atoms with Gasteiger partial charge in [-0.1, -0.05) is 0 Å². The molecule has 1 aromatic rings. The van der Waals surface area contributed by atoms with Crippen LogP contribution in [0.3, 0.4) is 0 Å². The molecule has 13 heavy (non-hydrogen) atoms. The fourth-order valence-corrected chi connectivity index (χ4v) is 0.899. The first-order chi connectivity index (χ1) is 7.31. The Balaban J connectivity index is 3.09. The normalized spacial score (nSPS) is 14.1. The van der Waals surface area contributed by atoms with Gasteiger partial charge in [-0.15, -0.1) is 0 Å². The van der Waals surface area contributed by atoms with E-state index in [0.717, 1.165) is 12.1 Å². The molecular weight excluding hydrogens is 174 g/mol. The van der Waals surface area contributed by atoms with E-state index in [4.69, 9.17) is 9.22 Å². The topological polar surface area (TPSA) is 72.6 Å². The molecule has 0 bridgehead atoms. The van der Waals surface area contributed by atoms with Crippen LogP contribution in [0.15, 0.2) is 18.2 Å². The lowest BCUT2D eigenvalue weighted by molar-refractivity contribution is -0.385. The predicted molar refractivity (Wildman–Crippen MR) is 45.6 cm³/mol. The van der Waals surface area contributed by atoms with Crippen molar-refractivity contribution in [2.24, 2.45) is 0 Å². The van der Waals surface area contributed by atoms with Crippen molar-refractivity contribution in [1.29, 1.82) is 0 Å². The highest BCUT2D eigenvalue weighted by atomic mass is 16.6. The second-order valence-electron chi connectivity index (χ2n) is 2.35. The predicted octanol–water partition coefficient (Wildman–Crippen LogP) is 1.10. The molecule has 0 aromatic heterocycles. The van der Waals surface area contributed by atoms with Crippen LogP contribution in [0.4, 0.5) is 5.69 Å². The van der Waals surface area contributed by atoms with Crippen LogP contribution in [0.1, 0.15) is 9.68 Å². The van der Waals surface area contributed by atoms with E-state index in [9.17, 15) is 10.1 Å². The van der Waals surface area contributed by atoms with Crippen LogP contribution in [-0.4, -0.2) is 17.1 Å². The molecule has 0 saturated heterocycles. The van der Waals surface area contributed by atoms with Gasteiger partial charge in [-0.2, -0.15) is 0 Å². The second kappa shape index (κ2) is 3.86. The van der Waals surface area contributed by atoms with Crippen LogP contribution < -0.4 is 4.74 Å². The zero-order valence-electron chi connectivity index (χ0n) is 9.56. The summed E-state index contributed by atoms with van der Waals surface area (Å²) in [5.74, 6) is -0.168. The van der Waals surface area contributed by atoms with Crippen LogP contribution in [0.5, 0.6) is 5.75 Å². The molecule has 0 unspecified atom stereocenters. The summed E-state index contributed by atoms with van der Waals surface area (Å²) in [5, 5.41) is 19.4. The number of hydrogen-bond donors (Lipinski definition) is 1. The van der Waals surface area contributed by atoms with E-state index in [2.05, 4.69) is 4.74 Å². The minimum absolute atomic E-state index is 0.168. The van der Waals surface area contributed by atoms with Gasteiger partial charge in [0.25, 0.3) is 5.69 Å². The highest BCUT2D eigenvalue weighted by Crippen LogP contribution is 2.22. The Kier molecular flexibility index (Phi) is 1.76. The zero-order valence-corrected chi connectivity index (χ0v) is 6.56. The van der Waals surface area contributed by atoms with Crippen LogP contribution in [0.2, 0.25) is 0 Å². The van der Waals surface area contributed by atoms with Gasteiger partial charge < -0.3 is 9.84 Å². The van der Waals surface area contributed by atoms with Crippen LogP contribution in [0, 0.1) is 10.1 Å². The number of benzene rings is 1. The molecule has 1 aromatic carbocycles. The number of non-ortho nitro benzene ring substituents is 1. The standard InChI is InChI=1S/C8H9NO4/c1-13-8-3-6(5-10)2-7(4-8)9(11)12/h2-4,10H,5H2,1H3/i1D3. The van der Waals surface area contributed by atoms with Crippen LogP contribution in [-0.2, 0) is 6.61 Å². The maximum absolute atomic E-state index is 10.5. The van der Waals surface area contributed by atoms with Crippen LogP contribution >= 0.6 is 0 Å². The maximum Gasteiger partial charge on any atom is 0.273 e. The fourth-order valence-electron chi connectivity index (χ4n) is 0.899. The van der Waals surface area contributed by atoms with Gasteiger partial charge in [0.05, 0.1) is 28.7 Å². The van der Waals surface area contributed by atoms with Crippen molar-refractivity contribution in [1.82, 2.24) is 0 Å². The molecule has 0 radical (unpaired) electrons. The molecule has 5 nitrogen and oxygen atoms in total. The minimum Gasteiger partial charge on any atom is -0.496 e. The largest absolute Gasteiger partial charge is 0.496 e. The van der Waals surface area contributed by atoms with Gasteiger partial charge >= 0.3 is 0 Å². The fraction of sp³-hybridized carbons (Fsp3) is 0.250. The summed E-state index contributed by atoms with van der Waals surface area (Å²) in [6.45, 7) is -0.432.